The molecule has 3 aromatic rings. The van der Waals surface area contributed by atoms with E-state index >= 15 is 0 Å². The predicted octanol–water partition coefficient (Wildman–Crippen LogP) is 3.55. The average molecular weight is 276 g/mol. The third-order valence-corrected chi connectivity index (χ3v) is 3.51. The monoisotopic (exact) mass is 276 g/mol. The van der Waals surface area contributed by atoms with Crippen molar-refractivity contribution in [3.8, 4) is 0 Å². The largest absolute Gasteiger partial charge is 0.380 e. The first kappa shape index (κ1) is 13.2. The number of hydrogen-bond acceptors (Lipinski definition) is 2. The molecule has 0 aliphatic carbocycles. The first-order chi connectivity index (χ1) is 10.2. The van der Waals surface area contributed by atoms with Crippen molar-refractivity contribution in [1.29, 1.82) is 0 Å². The molecule has 0 radical (unpaired) electrons. The highest BCUT2D eigenvalue weighted by molar-refractivity contribution is 5.94. The van der Waals surface area contributed by atoms with Crippen molar-refractivity contribution in [2.45, 2.75) is 6.54 Å². The number of nitrogens with two attached hydrogens (primary N) is 1. The van der Waals surface area contributed by atoms with Crippen molar-refractivity contribution in [1.82, 2.24) is 0 Å². The molecule has 0 aliphatic rings. The van der Waals surface area contributed by atoms with Gasteiger partial charge in [0.1, 0.15) is 0 Å². The van der Waals surface area contributed by atoms with Gasteiger partial charge in [-0.2, -0.15) is 0 Å². The van der Waals surface area contributed by atoms with Crippen molar-refractivity contribution < 1.29 is 4.79 Å². The van der Waals surface area contributed by atoms with E-state index in [1.54, 1.807) is 12.1 Å². The van der Waals surface area contributed by atoms with Gasteiger partial charge in [0.15, 0.2) is 0 Å². The summed E-state index contributed by atoms with van der Waals surface area (Å²) in [6, 6.07) is 21.8. The van der Waals surface area contributed by atoms with E-state index < -0.39 is 5.91 Å². The van der Waals surface area contributed by atoms with Crippen LogP contribution in [0.15, 0.2) is 66.7 Å². The summed E-state index contributed by atoms with van der Waals surface area (Å²) in [6.45, 7) is 0.701. The standard InChI is InChI=1S/C18H16N2O/c19-18(21)15-10-8-13(9-11-15)12-20-17-7-3-5-14-4-1-2-6-16(14)17/h1-11,20H,12H2,(H2,19,21). The van der Waals surface area contributed by atoms with Crippen LogP contribution in [0.5, 0.6) is 0 Å². The van der Waals surface area contributed by atoms with Crippen LogP contribution in [0.2, 0.25) is 0 Å². The summed E-state index contributed by atoms with van der Waals surface area (Å²) in [5.74, 6) is -0.399. The molecular formula is C18H16N2O. The lowest BCUT2D eigenvalue weighted by Gasteiger charge is -2.10. The summed E-state index contributed by atoms with van der Waals surface area (Å²) in [5.41, 5.74) is 7.98. The molecule has 0 aliphatic heterocycles. The summed E-state index contributed by atoms with van der Waals surface area (Å²) >= 11 is 0. The van der Waals surface area contributed by atoms with Gasteiger partial charge in [0, 0.05) is 23.2 Å². The lowest BCUT2D eigenvalue weighted by atomic mass is 10.1. The minimum atomic E-state index is -0.399. The van der Waals surface area contributed by atoms with E-state index in [4.69, 9.17) is 5.73 Å². The van der Waals surface area contributed by atoms with Crippen LogP contribution >= 0.6 is 0 Å². The molecule has 0 spiro atoms. The summed E-state index contributed by atoms with van der Waals surface area (Å²) in [7, 11) is 0. The van der Waals surface area contributed by atoms with Gasteiger partial charge in [0.25, 0.3) is 0 Å². The van der Waals surface area contributed by atoms with Crippen molar-refractivity contribution in [3.63, 3.8) is 0 Å². The van der Waals surface area contributed by atoms with Gasteiger partial charge in [-0.25, -0.2) is 0 Å². The van der Waals surface area contributed by atoms with Crippen molar-refractivity contribution >= 4 is 22.4 Å². The van der Waals surface area contributed by atoms with Crippen LogP contribution in [0.1, 0.15) is 15.9 Å². The first-order valence-electron chi connectivity index (χ1n) is 6.84. The van der Waals surface area contributed by atoms with Gasteiger partial charge in [0.2, 0.25) is 5.91 Å². The van der Waals surface area contributed by atoms with Crippen molar-refractivity contribution in [2.75, 3.05) is 5.32 Å². The van der Waals surface area contributed by atoms with E-state index in [-0.39, 0.29) is 0 Å². The predicted molar refractivity (Wildman–Crippen MR) is 86.2 cm³/mol. The van der Waals surface area contributed by atoms with E-state index in [0.717, 1.165) is 11.3 Å². The number of benzene rings is 3. The number of anilines is 1. The maximum Gasteiger partial charge on any atom is 0.248 e. The summed E-state index contributed by atoms with van der Waals surface area (Å²) < 4.78 is 0. The highest BCUT2D eigenvalue weighted by atomic mass is 16.1. The molecular weight excluding hydrogens is 260 g/mol. The zero-order valence-corrected chi connectivity index (χ0v) is 11.5. The van der Waals surface area contributed by atoms with Gasteiger partial charge in [-0.3, -0.25) is 4.79 Å². The molecule has 0 atom stereocenters. The van der Waals surface area contributed by atoms with E-state index in [9.17, 15) is 4.79 Å². The van der Waals surface area contributed by atoms with Gasteiger partial charge < -0.3 is 11.1 Å². The fourth-order valence-corrected chi connectivity index (χ4v) is 2.36. The first-order valence-corrected chi connectivity index (χ1v) is 6.84. The molecule has 0 saturated carbocycles. The summed E-state index contributed by atoms with van der Waals surface area (Å²) in [4.78, 5) is 11.0. The number of nitrogens with one attached hydrogen (secondary N) is 1. The molecule has 0 bridgehead atoms. The van der Waals surface area contributed by atoms with Gasteiger partial charge >= 0.3 is 0 Å². The van der Waals surface area contributed by atoms with Gasteiger partial charge in [-0.15, -0.1) is 0 Å². The topological polar surface area (TPSA) is 55.1 Å². The molecule has 0 aromatic heterocycles. The molecule has 0 heterocycles. The second kappa shape index (κ2) is 5.67. The highest BCUT2D eigenvalue weighted by Crippen LogP contribution is 2.23. The smallest absolute Gasteiger partial charge is 0.248 e. The second-order valence-electron chi connectivity index (χ2n) is 4.94. The Kier molecular flexibility index (Phi) is 3.56. The fraction of sp³-hybridized carbons (Fsp3) is 0.0556. The second-order valence-corrected chi connectivity index (χ2v) is 4.94. The molecule has 0 fully saturated rings. The van der Waals surface area contributed by atoms with Crippen LogP contribution in [0.4, 0.5) is 5.69 Å². The normalized spacial score (nSPS) is 10.5. The number of primary amides is 1. The Bertz CT molecular complexity index is 773. The van der Waals surface area contributed by atoms with E-state index in [2.05, 4.69) is 29.6 Å². The minimum absolute atomic E-state index is 0.399. The van der Waals surface area contributed by atoms with Crippen molar-refractivity contribution in [3.05, 3.63) is 77.9 Å². The number of carbonyl (C=O) groups is 1. The van der Waals surface area contributed by atoms with Crippen LogP contribution in [-0.4, -0.2) is 5.91 Å². The average Bonchev–Trinajstić information content (AvgIpc) is 2.53. The van der Waals surface area contributed by atoms with Crippen LogP contribution in [0.3, 0.4) is 0 Å². The third-order valence-electron chi connectivity index (χ3n) is 3.51. The lowest BCUT2D eigenvalue weighted by molar-refractivity contribution is 0.100. The van der Waals surface area contributed by atoms with Gasteiger partial charge in [-0.05, 0) is 29.1 Å². The third kappa shape index (κ3) is 2.87. The maximum absolute atomic E-state index is 11.0. The van der Waals surface area contributed by atoms with Crippen LogP contribution in [0.25, 0.3) is 10.8 Å². The molecule has 3 rings (SSSR count). The molecule has 3 aromatic carbocycles. The molecule has 3 N–H and O–H groups in total. The van der Waals surface area contributed by atoms with Crippen LogP contribution in [-0.2, 0) is 6.54 Å². The Balaban J connectivity index is 1.79. The Hall–Kier alpha value is -2.81. The Labute approximate surface area is 123 Å². The molecule has 0 unspecified atom stereocenters. The molecule has 21 heavy (non-hydrogen) atoms. The van der Waals surface area contributed by atoms with Crippen molar-refractivity contribution in [2.24, 2.45) is 5.73 Å². The SMILES string of the molecule is NC(=O)c1ccc(CNc2cccc3ccccc23)cc1. The maximum atomic E-state index is 11.0. The van der Waals surface area contributed by atoms with E-state index in [1.165, 1.54) is 10.8 Å². The highest BCUT2D eigenvalue weighted by Gasteiger charge is 2.02. The number of amides is 1. The number of rotatable bonds is 4. The number of fused-ring (bicyclic) bond motifs is 1. The Morgan fingerprint density at radius 2 is 1.62 bits per heavy atom. The fourth-order valence-electron chi connectivity index (χ4n) is 2.36. The Morgan fingerprint density at radius 3 is 2.38 bits per heavy atom. The zero-order valence-electron chi connectivity index (χ0n) is 11.5. The van der Waals surface area contributed by atoms with Crippen LogP contribution in [0, 0.1) is 0 Å². The summed E-state index contributed by atoms with van der Waals surface area (Å²) in [6.07, 6.45) is 0. The summed E-state index contributed by atoms with van der Waals surface area (Å²) in [5, 5.41) is 5.85. The quantitative estimate of drug-likeness (QED) is 0.765. The molecule has 3 nitrogen and oxygen atoms in total. The Morgan fingerprint density at radius 1 is 0.905 bits per heavy atom. The van der Waals surface area contributed by atoms with Gasteiger partial charge in [0.05, 0.1) is 0 Å². The van der Waals surface area contributed by atoms with Crippen LogP contribution < -0.4 is 11.1 Å². The van der Waals surface area contributed by atoms with E-state index in [1.807, 2.05) is 30.3 Å². The molecule has 1 amide bonds. The van der Waals surface area contributed by atoms with Gasteiger partial charge in [-0.1, -0.05) is 48.5 Å². The molecule has 104 valence electrons. The zero-order chi connectivity index (χ0) is 14.7. The minimum Gasteiger partial charge on any atom is -0.380 e. The molecule has 3 heteroatoms. The molecule has 0 saturated heterocycles. The number of carbonyl (C=O) groups excluding carboxylic acids is 1. The number of hydrogen-bond donors (Lipinski definition) is 2. The lowest BCUT2D eigenvalue weighted by Crippen LogP contribution is -2.10. The van der Waals surface area contributed by atoms with E-state index in [0.29, 0.717) is 12.1 Å².